The molecule has 0 atom stereocenters. The summed E-state index contributed by atoms with van der Waals surface area (Å²) < 4.78 is 17.2. The minimum Gasteiger partial charge on any atom is -0.490 e. The van der Waals surface area contributed by atoms with E-state index in [1.807, 2.05) is 0 Å². The largest absolute Gasteiger partial charge is 0.490 e. The summed E-state index contributed by atoms with van der Waals surface area (Å²) in [5.74, 6) is 0.0457. The van der Waals surface area contributed by atoms with Gasteiger partial charge >= 0.3 is 5.97 Å². The quantitative estimate of drug-likeness (QED) is 0.591. The van der Waals surface area contributed by atoms with E-state index in [1.54, 1.807) is 42.5 Å². The van der Waals surface area contributed by atoms with Crippen molar-refractivity contribution in [2.45, 2.75) is 19.4 Å². The number of amides is 1. The molecule has 0 aliphatic carbocycles. The first kappa shape index (κ1) is 20.3. The van der Waals surface area contributed by atoms with Gasteiger partial charge in [-0.2, -0.15) is 0 Å². The Labute approximate surface area is 176 Å². The SMILES string of the molecule is O=C(COC(=O)CCn1nnc2ccccc2c1=O)Nc1ccc2c(c1)OCCCO2. The lowest BCUT2D eigenvalue weighted by Crippen LogP contribution is -2.26. The van der Waals surface area contributed by atoms with Gasteiger partial charge in [0.25, 0.3) is 11.5 Å². The summed E-state index contributed by atoms with van der Waals surface area (Å²) >= 11 is 0. The van der Waals surface area contributed by atoms with Gasteiger partial charge in [0, 0.05) is 18.2 Å². The van der Waals surface area contributed by atoms with Gasteiger partial charge in [0.1, 0.15) is 5.52 Å². The van der Waals surface area contributed by atoms with Gasteiger partial charge in [0.15, 0.2) is 18.1 Å². The Bertz CT molecular complexity index is 1180. The molecular weight excluding hydrogens is 404 g/mol. The van der Waals surface area contributed by atoms with Crippen LogP contribution in [-0.2, 0) is 20.9 Å². The van der Waals surface area contributed by atoms with Crippen molar-refractivity contribution >= 4 is 28.5 Å². The maximum absolute atomic E-state index is 12.4. The summed E-state index contributed by atoms with van der Waals surface area (Å²) in [6, 6.07) is 11.9. The van der Waals surface area contributed by atoms with Crippen LogP contribution >= 0.6 is 0 Å². The van der Waals surface area contributed by atoms with Gasteiger partial charge in [-0.15, -0.1) is 5.10 Å². The van der Waals surface area contributed by atoms with Crippen LogP contribution in [0, 0.1) is 0 Å². The maximum atomic E-state index is 12.4. The molecule has 0 spiro atoms. The topological polar surface area (TPSA) is 122 Å². The summed E-state index contributed by atoms with van der Waals surface area (Å²) in [6.45, 7) is 0.656. The molecule has 4 rings (SSSR count). The highest BCUT2D eigenvalue weighted by Gasteiger charge is 2.14. The van der Waals surface area contributed by atoms with E-state index in [9.17, 15) is 14.4 Å². The second-order valence-electron chi connectivity index (χ2n) is 6.81. The number of benzene rings is 2. The van der Waals surface area contributed by atoms with Gasteiger partial charge in [0.05, 0.1) is 31.6 Å². The summed E-state index contributed by atoms with van der Waals surface area (Å²) in [5, 5.41) is 10.8. The Morgan fingerprint density at radius 2 is 1.90 bits per heavy atom. The van der Waals surface area contributed by atoms with Gasteiger partial charge in [-0.1, -0.05) is 17.3 Å². The van der Waals surface area contributed by atoms with Crippen molar-refractivity contribution in [3.8, 4) is 11.5 Å². The van der Waals surface area contributed by atoms with Crippen molar-refractivity contribution in [1.29, 1.82) is 0 Å². The third-order valence-electron chi connectivity index (χ3n) is 4.55. The number of rotatable bonds is 6. The number of nitrogens with one attached hydrogen (secondary N) is 1. The number of anilines is 1. The molecule has 2 aromatic carbocycles. The summed E-state index contributed by atoms with van der Waals surface area (Å²) in [5.41, 5.74) is 0.645. The smallest absolute Gasteiger partial charge is 0.308 e. The van der Waals surface area contributed by atoms with Crippen LogP contribution in [0.3, 0.4) is 0 Å². The van der Waals surface area contributed by atoms with E-state index < -0.39 is 18.5 Å². The van der Waals surface area contributed by atoms with Crippen molar-refractivity contribution in [3.05, 3.63) is 52.8 Å². The summed E-state index contributed by atoms with van der Waals surface area (Å²) in [4.78, 5) is 36.4. The molecule has 0 fully saturated rings. The fraction of sp³-hybridized carbons (Fsp3) is 0.286. The normalized spacial score (nSPS) is 12.8. The van der Waals surface area contributed by atoms with Crippen LogP contribution in [0.1, 0.15) is 12.8 Å². The van der Waals surface area contributed by atoms with E-state index in [1.165, 1.54) is 0 Å². The zero-order valence-electron chi connectivity index (χ0n) is 16.6. The third-order valence-corrected chi connectivity index (χ3v) is 4.55. The fourth-order valence-electron chi connectivity index (χ4n) is 3.02. The van der Waals surface area contributed by atoms with Crippen LogP contribution in [-0.4, -0.2) is 46.7 Å². The predicted octanol–water partition coefficient (Wildman–Crippen LogP) is 1.52. The number of ether oxygens (including phenoxy) is 3. The Morgan fingerprint density at radius 3 is 2.77 bits per heavy atom. The molecule has 3 aromatic rings. The molecule has 1 aliphatic heterocycles. The van der Waals surface area contributed by atoms with Crippen LogP contribution in [0.4, 0.5) is 5.69 Å². The van der Waals surface area contributed by atoms with Gasteiger partial charge in [-0.3, -0.25) is 14.4 Å². The van der Waals surface area contributed by atoms with Crippen LogP contribution in [0.5, 0.6) is 11.5 Å². The number of hydrogen-bond donors (Lipinski definition) is 1. The summed E-state index contributed by atoms with van der Waals surface area (Å²) in [6.07, 6.45) is 0.660. The molecule has 0 saturated carbocycles. The number of carbonyl (C=O) groups excluding carboxylic acids is 2. The van der Waals surface area contributed by atoms with Crippen molar-refractivity contribution in [1.82, 2.24) is 15.0 Å². The Kier molecular flexibility index (Phi) is 6.06. The van der Waals surface area contributed by atoms with E-state index in [0.29, 0.717) is 41.3 Å². The van der Waals surface area contributed by atoms with E-state index in [4.69, 9.17) is 14.2 Å². The Hall–Kier alpha value is -3.95. The first-order valence-corrected chi connectivity index (χ1v) is 9.78. The first-order chi connectivity index (χ1) is 15.1. The molecule has 1 aliphatic rings. The fourth-order valence-corrected chi connectivity index (χ4v) is 3.02. The minimum absolute atomic E-state index is 0.000713. The van der Waals surface area contributed by atoms with Gasteiger partial charge < -0.3 is 19.5 Å². The lowest BCUT2D eigenvalue weighted by Gasteiger charge is -2.10. The number of fused-ring (bicyclic) bond motifs is 2. The van der Waals surface area contributed by atoms with Gasteiger partial charge in [0.2, 0.25) is 0 Å². The lowest BCUT2D eigenvalue weighted by atomic mass is 10.2. The number of nitrogens with zero attached hydrogens (tertiary/aromatic N) is 3. The molecule has 10 heteroatoms. The molecule has 1 amide bonds. The predicted molar refractivity (Wildman–Crippen MR) is 110 cm³/mol. The van der Waals surface area contributed by atoms with E-state index in [0.717, 1.165) is 11.1 Å². The molecule has 1 aromatic heterocycles. The van der Waals surface area contributed by atoms with Crippen LogP contribution < -0.4 is 20.3 Å². The minimum atomic E-state index is -0.629. The van der Waals surface area contributed by atoms with Gasteiger partial charge in [-0.25, -0.2) is 4.68 Å². The summed E-state index contributed by atoms with van der Waals surface area (Å²) in [7, 11) is 0. The number of hydrogen-bond acceptors (Lipinski definition) is 8. The monoisotopic (exact) mass is 424 g/mol. The molecule has 0 radical (unpaired) electrons. The third kappa shape index (κ3) is 4.97. The molecule has 10 nitrogen and oxygen atoms in total. The maximum Gasteiger partial charge on any atom is 0.308 e. The highest BCUT2D eigenvalue weighted by Crippen LogP contribution is 2.32. The van der Waals surface area contributed by atoms with E-state index in [-0.39, 0.29) is 18.5 Å². The number of esters is 1. The molecule has 31 heavy (non-hydrogen) atoms. The van der Waals surface area contributed by atoms with Crippen molar-refractivity contribution < 1.29 is 23.8 Å². The van der Waals surface area contributed by atoms with Crippen LogP contribution in [0.15, 0.2) is 47.3 Å². The average molecular weight is 424 g/mol. The standard InChI is InChI=1S/C21H20N4O6/c26-19(22-14-6-7-17-18(12-14)30-11-3-10-29-17)13-31-20(27)8-9-25-21(28)15-4-1-2-5-16(15)23-24-25/h1-2,4-7,12H,3,8-11,13H2,(H,22,26). The zero-order valence-corrected chi connectivity index (χ0v) is 16.6. The van der Waals surface area contributed by atoms with E-state index in [2.05, 4.69) is 15.6 Å². The van der Waals surface area contributed by atoms with Crippen molar-refractivity contribution in [2.24, 2.45) is 0 Å². The molecule has 0 saturated heterocycles. The molecular formula is C21H20N4O6. The van der Waals surface area contributed by atoms with Crippen molar-refractivity contribution in [2.75, 3.05) is 25.1 Å². The molecule has 2 heterocycles. The van der Waals surface area contributed by atoms with Crippen LogP contribution in [0.2, 0.25) is 0 Å². The molecule has 0 unspecified atom stereocenters. The Morgan fingerprint density at radius 1 is 1.10 bits per heavy atom. The zero-order chi connectivity index (χ0) is 21.6. The second kappa shape index (κ2) is 9.24. The second-order valence-corrected chi connectivity index (χ2v) is 6.81. The average Bonchev–Trinajstić information content (AvgIpc) is 3.02. The highest BCUT2D eigenvalue weighted by atomic mass is 16.5. The number of aromatic nitrogens is 3. The molecule has 0 bridgehead atoms. The number of carbonyl (C=O) groups is 2. The first-order valence-electron chi connectivity index (χ1n) is 9.78. The highest BCUT2D eigenvalue weighted by molar-refractivity contribution is 5.93. The number of aryl methyl sites for hydroxylation is 1. The lowest BCUT2D eigenvalue weighted by molar-refractivity contribution is -0.147. The Balaban J connectivity index is 1.27. The van der Waals surface area contributed by atoms with Gasteiger partial charge in [-0.05, 0) is 24.3 Å². The molecule has 1 N–H and O–H groups in total. The molecule has 160 valence electrons. The van der Waals surface area contributed by atoms with E-state index >= 15 is 0 Å². The van der Waals surface area contributed by atoms with Crippen LogP contribution in [0.25, 0.3) is 10.9 Å². The van der Waals surface area contributed by atoms with Crippen molar-refractivity contribution in [3.63, 3.8) is 0 Å².